The molecule has 2 atom stereocenters. The van der Waals surface area contributed by atoms with Crippen molar-refractivity contribution in [3.63, 3.8) is 0 Å². The van der Waals surface area contributed by atoms with Gasteiger partial charge in [-0.25, -0.2) is 0 Å². The van der Waals surface area contributed by atoms with E-state index in [4.69, 9.17) is 0 Å². The summed E-state index contributed by atoms with van der Waals surface area (Å²) >= 11 is 0. The van der Waals surface area contributed by atoms with Crippen molar-refractivity contribution < 1.29 is 0 Å². The minimum atomic E-state index is -1.02. The lowest BCUT2D eigenvalue weighted by Crippen LogP contribution is -2.18. The quantitative estimate of drug-likeness (QED) is 0.597. The maximum absolute atomic E-state index is 2.47. The summed E-state index contributed by atoms with van der Waals surface area (Å²) in [6.45, 7) is 19.0. The lowest BCUT2D eigenvalue weighted by atomic mass is 9.97. The molecule has 2 heteroatoms. The van der Waals surface area contributed by atoms with Crippen molar-refractivity contribution in [1.29, 1.82) is 0 Å². The number of hydrogen-bond donors (Lipinski definition) is 0. The Kier molecular flexibility index (Phi) is 5.98. The fraction of sp³-hybridized carbons (Fsp3) is 0.714. The first-order valence-electron chi connectivity index (χ1n) is 6.40. The van der Waals surface area contributed by atoms with Gasteiger partial charge in [0.05, 0.1) is 16.1 Å². The molecule has 0 aromatic heterocycles. The van der Waals surface area contributed by atoms with E-state index >= 15 is 0 Å². The molecule has 0 spiro atoms. The maximum atomic E-state index is 2.47. The molecular weight excluding hydrogens is 224 g/mol. The molecule has 0 aliphatic rings. The zero-order valence-corrected chi connectivity index (χ0v) is 14.5. The molecular formula is C14H30Si2. The van der Waals surface area contributed by atoms with Gasteiger partial charge in [-0.3, -0.25) is 0 Å². The SMILES string of the molecule is CC(/C=C/[Si](C)(C)C)C(C)/C=C/[Si](C)(C)C. The van der Waals surface area contributed by atoms with Crippen LogP contribution in [0.3, 0.4) is 0 Å². The Labute approximate surface area is 105 Å². The molecule has 0 saturated heterocycles. The summed E-state index contributed by atoms with van der Waals surface area (Å²) in [5.41, 5.74) is 4.94. The predicted octanol–water partition coefficient (Wildman–Crippen LogP) is 5.13. The van der Waals surface area contributed by atoms with E-state index in [2.05, 4.69) is 76.7 Å². The Morgan fingerprint density at radius 2 is 0.875 bits per heavy atom. The fourth-order valence-corrected chi connectivity index (χ4v) is 2.99. The van der Waals surface area contributed by atoms with E-state index in [1.807, 2.05) is 0 Å². The summed E-state index contributed by atoms with van der Waals surface area (Å²) in [7, 11) is -2.04. The second-order valence-electron chi connectivity index (χ2n) is 7.17. The Hall–Kier alpha value is -0.0862. The average Bonchev–Trinajstić information content (AvgIpc) is 2.07. The lowest BCUT2D eigenvalue weighted by Gasteiger charge is -2.17. The predicted molar refractivity (Wildman–Crippen MR) is 83.3 cm³/mol. The molecule has 0 bridgehead atoms. The molecule has 2 unspecified atom stereocenters. The molecule has 0 aromatic rings. The van der Waals surface area contributed by atoms with Crippen LogP contribution in [0.4, 0.5) is 0 Å². The zero-order valence-electron chi connectivity index (χ0n) is 12.5. The average molecular weight is 255 g/mol. The van der Waals surface area contributed by atoms with Gasteiger partial charge in [0, 0.05) is 0 Å². The summed E-state index contributed by atoms with van der Waals surface area (Å²) in [6.07, 6.45) is 4.84. The Morgan fingerprint density at radius 3 is 1.06 bits per heavy atom. The standard InChI is InChI=1S/C14H30Si2/c1-13(9-11-15(3,4)5)14(2)10-12-16(6,7)8/h9-14H,1-8H3/b11-9+,12-10+. The van der Waals surface area contributed by atoms with Gasteiger partial charge in [-0.2, -0.15) is 0 Å². The molecule has 0 aromatic carbocycles. The third-order valence-electron chi connectivity index (χ3n) is 2.63. The van der Waals surface area contributed by atoms with Crippen LogP contribution in [0.25, 0.3) is 0 Å². The molecule has 0 rings (SSSR count). The topological polar surface area (TPSA) is 0 Å². The van der Waals surface area contributed by atoms with E-state index in [1.165, 1.54) is 0 Å². The Bertz CT molecular complexity index is 223. The molecule has 0 fully saturated rings. The van der Waals surface area contributed by atoms with Crippen molar-refractivity contribution in [3.8, 4) is 0 Å². The highest BCUT2D eigenvalue weighted by atomic mass is 28.3. The summed E-state index contributed by atoms with van der Waals surface area (Å²) in [5, 5.41) is 0. The van der Waals surface area contributed by atoms with Crippen molar-refractivity contribution >= 4 is 16.1 Å². The summed E-state index contributed by atoms with van der Waals surface area (Å²) in [4.78, 5) is 0. The Morgan fingerprint density at radius 1 is 0.625 bits per heavy atom. The van der Waals surface area contributed by atoms with Gasteiger partial charge in [-0.05, 0) is 11.8 Å². The van der Waals surface area contributed by atoms with Gasteiger partial charge in [0.25, 0.3) is 0 Å². The van der Waals surface area contributed by atoms with Gasteiger partial charge in [-0.1, -0.05) is 76.7 Å². The van der Waals surface area contributed by atoms with Crippen LogP contribution >= 0.6 is 0 Å². The van der Waals surface area contributed by atoms with Crippen molar-refractivity contribution in [3.05, 3.63) is 23.6 Å². The molecule has 0 radical (unpaired) electrons. The normalized spacial score (nSPS) is 18.2. The molecule has 0 nitrogen and oxygen atoms in total. The van der Waals surface area contributed by atoms with Crippen LogP contribution in [-0.4, -0.2) is 16.1 Å². The first-order chi connectivity index (χ1) is 7.01. The lowest BCUT2D eigenvalue weighted by molar-refractivity contribution is 0.559. The van der Waals surface area contributed by atoms with Crippen LogP contribution in [0, 0.1) is 11.8 Å². The summed E-state index contributed by atoms with van der Waals surface area (Å²) in [5.74, 6) is 1.33. The number of allylic oxidation sites excluding steroid dienone is 2. The van der Waals surface area contributed by atoms with Crippen LogP contribution < -0.4 is 0 Å². The van der Waals surface area contributed by atoms with E-state index in [0.717, 1.165) is 0 Å². The van der Waals surface area contributed by atoms with E-state index in [9.17, 15) is 0 Å². The number of hydrogen-bond acceptors (Lipinski definition) is 0. The van der Waals surface area contributed by atoms with Gasteiger partial charge >= 0.3 is 0 Å². The fourth-order valence-electron chi connectivity index (χ4n) is 1.23. The Balaban J connectivity index is 4.36. The van der Waals surface area contributed by atoms with E-state index < -0.39 is 16.1 Å². The zero-order chi connectivity index (χ0) is 13.0. The molecule has 0 N–H and O–H groups in total. The second-order valence-corrected chi connectivity index (χ2v) is 17.3. The highest BCUT2D eigenvalue weighted by Gasteiger charge is 2.12. The van der Waals surface area contributed by atoms with Gasteiger partial charge in [-0.15, -0.1) is 0 Å². The van der Waals surface area contributed by atoms with Crippen LogP contribution in [0.5, 0.6) is 0 Å². The van der Waals surface area contributed by atoms with E-state index in [1.54, 1.807) is 0 Å². The molecule has 0 aliphatic carbocycles. The van der Waals surface area contributed by atoms with E-state index in [0.29, 0.717) is 11.8 Å². The second kappa shape index (κ2) is 6.01. The summed E-state index contributed by atoms with van der Waals surface area (Å²) in [6, 6.07) is 0. The van der Waals surface area contributed by atoms with Crippen molar-refractivity contribution in [2.75, 3.05) is 0 Å². The first-order valence-corrected chi connectivity index (χ1v) is 13.6. The van der Waals surface area contributed by atoms with Crippen molar-refractivity contribution in [2.24, 2.45) is 11.8 Å². The molecule has 0 amide bonds. The van der Waals surface area contributed by atoms with Crippen LogP contribution in [0.2, 0.25) is 39.3 Å². The highest BCUT2D eigenvalue weighted by molar-refractivity contribution is 6.81. The smallest absolute Gasteiger partial charge is 0.0682 e. The van der Waals surface area contributed by atoms with Crippen molar-refractivity contribution in [1.82, 2.24) is 0 Å². The molecule has 16 heavy (non-hydrogen) atoms. The van der Waals surface area contributed by atoms with Gasteiger partial charge < -0.3 is 0 Å². The molecule has 0 saturated carbocycles. The third-order valence-corrected chi connectivity index (χ3v) is 5.01. The summed E-state index contributed by atoms with van der Waals surface area (Å²) < 4.78 is 0. The van der Waals surface area contributed by atoms with Gasteiger partial charge in [0.15, 0.2) is 0 Å². The van der Waals surface area contributed by atoms with Gasteiger partial charge in [0.1, 0.15) is 0 Å². The monoisotopic (exact) mass is 254 g/mol. The van der Waals surface area contributed by atoms with Crippen LogP contribution in [0.1, 0.15) is 13.8 Å². The molecule has 0 aliphatic heterocycles. The minimum absolute atomic E-state index is 0.666. The largest absolute Gasteiger partial charge is 0.0986 e. The van der Waals surface area contributed by atoms with E-state index in [-0.39, 0.29) is 0 Å². The van der Waals surface area contributed by atoms with Gasteiger partial charge in [0.2, 0.25) is 0 Å². The van der Waals surface area contributed by atoms with Crippen molar-refractivity contribution in [2.45, 2.75) is 53.1 Å². The maximum Gasteiger partial charge on any atom is 0.0682 e. The molecule has 0 heterocycles. The highest BCUT2D eigenvalue weighted by Crippen LogP contribution is 2.17. The third kappa shape index (κ3) is 9.16. The van der Waals surface area contributed by atoms with Crippen LogP contribution in [-0.2, 0) is 0 Å². The molecule has 94 valence electrons. The van der Waals surface area contributed by atoms with Crippen LogP contribution in [0.15, 0.2) is 23.6 Å². The number of rotatable bonds is 5. The minimum Gasteiger partial charge on any atom is -0.0986 e. The first kappa shape index (κ1) is 15.9.